The van der Waals surface area contributed by atoms with Gasteiger partial charge in [0.15, 0.2) is 0 Å². The van der Waals surface area contributed by atoms with Crippen LogP contribution in [0, 0.1) is 13.8 Å². The number of aryl methyl sites for hydroxylation is 2. The normalized spacial score (nSPS) is 14.4. The van der Waals surface area contributed by atoms with Gasteiger partial charge in [0.1, 0.15) is 5.75 Å². The molecule has 25 heavy (non-hydrogen) atoms. The highest BCUT2D eigenvalue weighted by molar-refractivity contribution is 5.89. The van der Waals surface area contributed by atoms with Crippen LogP contribution in [0.15, 0.2) is 42.5 Å². The standard InChI is InChI=1S/C20H25N3O2/c1-15-4-7-18(14-16(15)2)22-10-12-23(13-11-22)20(24)21-17-5-8-19(25-3)9-6-17/h4-9,14H,10-13H2,1-3H3,(H,21,24). The number of piperazine rings is 1. The van der Waals surface area contributed by atoms with Gasteiger partial charge in [-0.2, -0.15) is 0 Å². The molecule has 1 aliphatic heterocycles. The lowest BCUT2D eigenvalue weighted by molar-refractivity contribution is 0.208. The van der Waals surface area contributed by atoms with E-state index in [4.69, 9.17) is 4.74 Å². The summed E-state index contributed by atoms with van der Waals surface area (Å²) in [4.78, 5) is 16.6. The van der Waals surface area contributed by atoms with Crippen LogP contribution in [-0.2, 0) is 0 Å². The van der Waals surface area contributed by atoms with Crippen LogP contribution in [0.25, 0.3) is 0 Å². The third-order valence-electron chi connectivity index (χ3n) is 4.76. The summed E-state index contributed by atoms with van der Waals surface area (Å²) in [6, 6.07) is 13.9. The van der Waals surface area contributed by atoms with Gasteiger partial charge in [0.25, 0.3) is 0 Å². The summed E-state index contributed by atoms with van der Waals surface area (Å²) in [5.74, 6) is 0.778. The van der Waals surface area contributed by atoms with Crippen LogP contribution in [0.1, 0.15) is 11.1 Å². The van der Waals surface area contributed by atoms with E-state index in [-0.39, 0.29) is 6.03 Å². The molecule has 3 rings (SSSR count). The van der Waals surface area contributed by atoms with Gasteiger partial charge < -0.3 is 19.9 Å². The monoisotopic (exact) mass is 339 g/mol. The van der Waals surface area contributed by atoms with Crippen molar-refractivity contribution < 1.29 is 9.53 Å². The van der Waals surface area contributed by atoms with Crippen LogP contribution in [0.3, 0.4) is 0 Å². The Labute approximate surface area is 149 Å². The fraction of sp³-hybridized carbons (Fsp3) is 0.350. The van der Waals surface area contributed by atoms with E-state index in [0.717, 1.165) is 37.6 Å². The molecule has 2 aromatic rings. The SMILES string of the molecule is COc1ccc(NC(=O)N2CCN(c3ccc(C)c(C)c3)CC2)cc1. The first kappa shape index (κ1) is 17.1. The Balaban J connectivity index is 1.55. The van der Waals surface area contributed by atoms with E-state index in [9.17, 15) is 4.79 Å². The van der Waals surface area contributed by atoms with Crippen LogP contribution in [0.5, 0.6) is 5.75 Å². The fourth-order valence-electron chi connectivity index (χ4n) is 2.97. The Bertz CT molecular complexity index is 735. The van der Waals surface area contributed by atoms with Gasteiger partial charge in [-0.3, -0.25) is 0 Å². The van der Waals surface area contributed by atoms with Gasteiger partial charge in [0.05, 0.1) is 7.11 Å². The molecular formula is C20H25N3O2. The second-order valence-corrected chi connectivity index (χ2v) is 6.40. The maximum atomic E-state index is 12.4. The Morgan fingerprint density at radius 3 is 2.24 bits per heavy atom. The maximum absolute atomic E-state index is 12.4. The third-order valence-corrected chi connectivity index (χ3v) is 4.76. The van der Waals surface area contributed by atoms with Gasteiger partial charge in [-0.15, -0.1) is 0 Å². The molecule has 5 heteroatoms. The number of nitrogens with zero attached hydrogens (tertiary/aromatic N) is 2. The second-order valence-electron chi connectivity index (χ2n) is 6.40. The average Bonchev–Trinajstić information content (AvgIpc) is 2.65. The van der Waals surface area contributed by atoms with Gasteiger partial charge >= 0.3 is 6.03 Å². The van der Waals surface area contributed by atoms with Gasteiger partial charge in [-0.25, -0.2) is 4.79 Å². The van der Waals surface area contributed by atoms with Crippen LogP contribution < -0.4 is 15.0 Å². The molecule has 0 bridgehead atoms. The number of ether oxygens (including phenoxy) is 1. The van der Waals surface area contributed by atoms with Crippen molar-refractivity contribution >= 4 is 17.4 Å². The number of hydrogen-bond acceptors (Lipinski definition) is 3. The predicted octanol–water partition coefficient (Wildman–Crippen LogP) is 3.67. The van der Waals surface area contributed by atoms with Crippen LogP contribution in [-0.4, -0.2) is 44.2 Å². The van der Waals surface area contributed by atoms with Crippen LogP contribution >= 0.6 is 0 Å². The number of anilines is 2. The van der Waals surface area contributed by atoms with Gasteiger partial charge in [-0.05, 0) is 61.4 Å². The van der Waals surface area contributed by atoms with Gasteiger partial charge in [0.2, 0.25) is 0 Å². The first-order chi connectivity index (χ1) is 12.1. The molecule has 5 nitrogen and oxygen atoms in total. The van der Waals surface area contributed by atoms with E-state index in [0.29, 0.717) is 0 Å². The van der Waals surface area contributed by atoms with Crippen molar-refractivity contribution in [3.63, 3.8) is 0 Å². The van der Waals surface area contributed by atoms with Crippen molar-refractivity contribution in [3.8, 4) is 5.75 Å². The van der Waals surface area contributed by atoms with Gasteiger partial charge in [-0.1, -0.05) is 6.07 Å². The van der Waals surface area contributed by atoms with Crippen molar-refractivity contribution in [3.05, 3.63) is 53.6 Å². The first-order valence-electron chi connectivity index (χ1n) is 8.59. The number of carbonyl (C=O) groups excluding carboxylic acids is 1. The molecule has 0 radical (unpaired) electrons. The molecule has 1 heterocycles. The van der Waals surface area contributed by atoms with E-state index in [1.807, 2.05) is 29.2 Å². The third kappa shape index (κ3) is 4.05. The lowest BCUT2D eigenvalue weighted by Crippen LogP contribution is -2.50. The number of nitrogens with one attached hydrogen (secondary N) is 1. The number of hydrogen-bond donors (Lipinski definition) is 1. The zero-order chi connectivity index (χ0) is 17.8. The van der Waals surface area contributed by atoms with E-state index < -0.39 is 0 Å². The van der Waals surface area contributed by atoms with E-state index in [1.54, 1.807) is 7.11 Å². The molecule has 0 aromatic heterocycles. The molecule has 0 aliphatic carbocycles. The molecule has 1 saturated heterocycles. The maximum Gasteiger partial charge on any atom is 0.321 e. The average molecular weight is 339 g/mol. The minimum atomic E-state index is -0.0510. The zero-order valence-corrected chi connectivity index (χ0v) is 15.1. The highest BCUT2D eigenvalue weighted by atomic mass is 16.5. The molecule has 1 aliphatic rings. The van der Waals surface area contributed by atoms with Crippen LogP contribution in [0.2, 0.25) is 0 Å². The Kier molecular flexibility index (Phi) is 5.12. The summed E-state index contributed by atoms with van der Waals surface area (Å²) in [6.07, 6.45) is 0. The number of rotatable bonds is 3. The molecule has 132 valence electrons. The lowest BCUT2D eigenvalue weighted by Gasteiger charge is -2.36. The summed E-state index contributed by atoms with van der Waals surface area (Å²) in [5, 5.41) is 2.95. The number of methoxy groups -OCH3 is 1. The Morgan fingerprint density at radius 2 is 1.64 bits per heavy atom. The Morgan fingerprint density at radius 1 is 0.960 bits per heavy atom. The summed E-state index contributed by atoms with van der Waals surface area (Å²) in [7, 11) is 1.63. The number of amides is 2. The van der Waals surface area contributed by atoms with Crippen LogP contribution in [0.4, 0.5) is 16.2 Å². The molecule has 2 aromatic carbocycles. The van der Waals surface area contributed by atoms with Crippen molar-refractivity contribution in [2.75, 3.05) is 43.5 Å². The van der Waals surface area contributed by atoms with E-state index in [1.165, 1.54) is 16.8 Å². The minimum absolute atomic E-state index is 0.0510. The first-order valence-corrected chi connectivity index (χ1v) is 8.59. The van der Waals surface area contributed by atoms with Crippen molar-refractivity contribution in [2.45, 2.75) is 13.8 Å². The molecule has 0 unspecified atom stereocenters. The molecule has 1 fully saturated rings. The minimum Gasteiger partial charge on any atom is -0.497 e. The molecule has 2 amide bonds. The molecule has 0 spiro atoms. The zero-order valence-electron chi connectivity index (χ0n) is 15.1. The van der Waals surface area contributed by atoms with Crippen molar-refractivity contribution in [2.24, 2.45) is 0 Å². The Hall–Kier alpha value is -2.69. The quantitative estimate of drug-likeness (QED) is 0.928. The van der Waals surface area contributed by atoms with Gasteiger partial charge in [0, 0.05) is 37.6 Å². The molecule has 0 atom stereocenters. The topological polar surface area (TPSA) is 44.8 Å². The number of carbonyl (C=O) groups is 1. The molecule has 0 saturated carbocycles. The van der Waals surface area contributed by atoms with Crippen molar-refractivity contribution in [1.82, 2.24) is 4.90 Å². The summed E-state index contributed by atoms with van der Waals surface area (Å²) in [5.41, 5.74) is 4.62. The number of benzene rings is 2. The smallest absolute Gasteiger partial charge is 0.321 e. The highest BCUT2D eigenvalue weighted by Crippen LogP contribution is 2.21. The van der Waals surface area contributed by atoms with E-state index in [2.05, 4.69) is 42.3 Å². The summed E-state index contributed by atoms with van der Waals surface area (Å²) >= 11 is 0. The summed E-state index contributed by atoms with van der Waals surface area (Å²) < 4.78 is 5.13. The largest absolute Gasteiger partial charge is 0.497 e. The second kappa shape index (κ2) is 7.47. The molecule has 1 N–H and O–H groups in total. The van der Waals surface area contributed by atoms with Crippen molar-refractivity contribution in [1.29, 1.82) is 0 Å². The summed E-state index contributed by atoms with van der Waals surface area (Å²) in [6.45, 7) is 7.39. The molecular weight excluding hydrogens is 314 g/mol. The number of urea groups is 1. The van der Waals surface area contributed by atoms with E-state index >= 15 is 0 Å². The predicted molar refractivity (Wildman–Crippen MR) is 102 cm³/mol. The fourth-order valence-corrected chi connectivity index (χ4v) is 2.97. The highest BCUT2D eigenvalue weighted by Gasteiger charge is 2.21. The lowest BCUT2D eigenvalue weighted by atomic mass is 10.1.